The van der Waals surface area contributed by atoms with Gasteiger partial charge in [-0.1, -0.05) is 0 Å². The Morgan fingerprint density at radius 2 is 2.26 bits per heavy atom. The Morgan fingerprint density at radius 1 is 1.58 bits per heavy atom. The molecule has 0 amide bonds. The lowest BCUT2D eigenvalue weighted by Gasteiger charge is -2.13. The number of ether oxygens (including phenoxy) is 1. The molecule has 1 heterocycles. The highest BCUT2D eigenvalue weighted by Gasteiger charge is 2.44. The summed E-state index contributed by atoms with van der Waals surface area (Å²) in [6.07, 6.45) is 2.69. The number of thioether (sulfide) groups is 1. The maximum atomic E-state index is 11.4. The van der Waals surface area contributed by atoms with Gasteiger partial charge < -0.3 is 10.5 Å². The fourth-order valence-electron chi connectivity index (χ4n) is 2.09. The third kappa shape index (κ3) is 3.05. The van der Waals surface area contributed by atoms with Crippen molar-refractivity contribution in [1.82, 2.24) is 9.78 Å². The second-order valence-electron chi connectivity index (χ2n) is 5.16. The minimum Gasteiger partial charge on any atom is -0.469 e. The Kier molecular flexibility index (Phi) is 4.08. The van der Waals surface area contributed by atoms with E-state index < -0.39 is 0 Å². The molecule has 1 aliphatic carbocycles. The van der Waals surface area contributed by atoms with E-state index in [9.17, 15) is 4.79 Å². The number of nitrogens with two attached hydrogens (primary N) is 1. The summed E-state index contributed by atoms with van der Waals surface area (Å²) in [6, 6.07) is 0. The third-order valence-electron chi connectivity index (χ3n) is 3.64. The highest BCUT2D eigenvalue weighted by Crippen LogP contribution is 2.52. The highest BCUT2D eigenvalue weighted by molar-refractivity contribution is 7.99. The lowest BCUT2D eigenvalue weighted by Crippen LogP contribution is -2.13. The third-order valence-corrected chi connectivity index (χ3v) is 5.10. The van der Waals surface area contributed by atoms with Crippen molar-refractivity contribution in [2.24, 2.45) is 5.41 Å². The number of carbonyl (C=O) groups excluding carboxylic acids is 1. The minimum absolute atomic E-state index is 0.112. The number of rotatable bonds is 6. The molecular formula is C13H21N3O2S. The average Bonchev–Trinajstić information content (AvgIpc) is 3.10. The van der Waals surface area contributed by atoms with Crippen LogP contribution in [0.3, 0.4) is 0 Å². The van der Waals surface area contributed by atoms with E-state index in [1.165, 1.54) is 7.11 Å². The first kappa shape index (κ1) is 14.2. The zero-order valence-electron chi connectivity index (χ0n) is 11.7. The van der Waals surface area contributed by atoms with E-state index in [2.05, 4.69) is 12.0 Å². The first-order chi connectivity index (χ1) is 9.01. The fraction of sp³-hybridized carbons (Fsp3) is 0.692. The molecule has 0 aromatic carbocycles. The summed E-state index contributed by atoms with van der Waals surface area (Å²) >= 11 is 1.71. The van der Waals surface area contributed by atoms with Crippen LogP contribution in [0.4, 0.5) is 5.69 Å². The zero-order valence-corrected chi connectivity index (χ0v) is 12.5. The molecule has 2 N–H and O–H groups in total. The van der Waals surface area contributed by atoms with Gasteiger partial charge in [-0.15, -0.1) is 11.8 Å². The van der Waals surface area contributed by atoms with Crippen LogP contribution in [0.15, 0.2) is 5.03 Å². The van der Waals surface area contributed by atoms with E-state index in [4.69, 9.17) is 10.5 Å². The molecule has 1 fully saturated rings. The summed E-state index contributed by atoms with van der Waals surface area (Å²) in [7, 11) is 1.44. The normalized spacial score (nSPS) is 16.4. The van der Waals surface area contributed by atoms with Crippen molar-refractivity contribution < 1.29 is 9.53 Å². The molecule has 0 unspecified atom stereocenters. The van der Waals surface area contributed by atoms with Gasteiger partial charge in [0.2, 0.25) is 0 Å². The SMILES string of the molecule is CCn1nc(C)c(N)c1SCC1(CC(=O)OC)CC1. The van der Waals surface area contributed by atoms with E-state index in [0.717, 1.165) is 41.5 Å². The predicted molar refractivity (Wildman–Crippen MR) is 76.1 cm³/mol. The minimum atomic E-state index is -0.119. The average molecular weight is 283 g/mol. The molecule has 0 saturated heterocycles. The molecule has 0 radical (unpaired) electrons. The molecular weight excluding hydrogens is 262 g/mol. The van der Waals surface area contributed by atoms with Crippen LogP contribution in [-0.4, -0.2) is 28.6 Å². The molecule has 106 valence electrons. The predicted octanol–water partition coefficient (Wildman–Crippen LogP) is 2.23. The number of aromatic nitrogens is 2. The number of aryl methyl sites for hydroxylation is 2. The van der Waals surface area contributed by atoms with Crippen molar-refractivity contribution in [2.45, 2.75) is 44.7 Å². The smallest absolute Gasteiger partial charge is 0.306 e. The van der Waals surface area contributed by atoms with Crippen LogP contribution >= 0.6 is 11.8 Å². The first-order valence-electron chi connectivity index (χ1n) is 6.54. The second kappa shape index (κ2) is 5.45. The lowest BCUT2D eigenvalue weighted by molar-refractivity contribution is -0.141. The second-order valence-corrected chi connectivity index (χ2v) is 6.13. The van der Waals surface area contributed by atoms with Crippen LogP contribution in [0.2, 0.25) is 0 Å². The summed E-state index contributed by atoms with van der Waals surface area (Å²) in [4.78, 5) is 11.4. The number of hydrogen-bond acceptors (Lipinski definition) is 5. The maximum Gasteiger partial charge on any atom is 0.306 e. The fourth-order valence-corrected chi connectivity index (χ4v) is 3.55. The number of hydrogen-bond donors (Lipinski definition) is 1. The molecule has 1 saturated carbocycles. The van der Waals surface area contributed by atoms with Crippen LogP contribution in [0.25, 0.3) is 0 Å². The molecule has 0 spiro atoms. The van der Waals surface area contributed by atoms with E-state index in [1.54, 1.807) is 11.8 Å². The number of nitrogens with zero attached hydrogens (tertiary/aromatic N) is 2. The molecule has 0 bridgehead atoms. The van der Waals surface area contributed by atoms with Gasteiger partial charge in [0.25, 0.3) is 0 Å². The van der Waals surface area contributed by atoms with Crippen LogP contribution < -0.4 is 5.73 Å². The summed E-state index contributed by atoms with van der Waals surface area (Å²) in [5.41, 5.74) is 7.81. The summed E-state index contributed by atoms with van der Waals surface area (Å²) in [5.74, 6) is 0.781. The van der Waals surface area contributed by atoms with Crippen molar-refractivity contribution in [2.75, 3.05) is 18.6 Å². The number of anilines is 1. The first-order valence-corrected chi connectivity index (χ1v) is 7.52. The molecule has 1 aromatic rings. The highest BCUT2D eigenvalue weighted by atomic mass is 32.2. The Labute approximate surface area is 117 Å². The Balaban J connectivity index is 2.01. The summed E-state index contributed by atoms with van der Waals surface area (Å²) < 4.78 is 6.69. The van der Waals surface area contributed by atoms with Gasteiger partial charge in [-0.25, -0.2) is 0 Å². The van der Waals surface area contributed by atoms with E-state index in [-0.39, 0.29) is 11.4 Å². The van der Waals surface area contributed by atoms with E-state index in [0.29, 0.717) is 6.42 Å². The standard InChI is InChI=1S/C13H21N3O2S/c1-4-16-12(11(14)9(2)15-16)19-8-13(5-6-13)7-10(17)18-3/h4-8,14H2,1-3H3. The Bertz CT molecular complexity index is 480. The molecule has 5 nitrogen and oxygen atoms in total. The van der Waals surface area contributed by atoms with Gasteiger partial charge in [0.15, 0.2) is 0 Å². The molecule has 0 atom stereocenters. The lowest BCUT2D eigenvalue weighted by atomic mass is 10.1. The van der Waals surface area contributed by atoms with Crippen molar-refractivity contribution in [3.63, 3.8) is 0 Å². The molecule has 19 heavy (non-hydrogen) atoms. The van der Waals surface area contributed by atoms with Gasteiger partial charge in [0, 0.05) is 12.3 Å². The van der Waals surface area contributed by atoms with Gasteiger partial charge in [-0.2, -0.15) is 5.10 Å². The van der Waals surface area contributed by atoms with Gasteiger partial charge in [0.05, 0.1) is 24.9 Å². The summed E-state index contributed by atoms with van der Waals surface area (Å²) in [6.45, 7) is 4.79. The van der Waals surface area contributed by atoms with Crippen LogP contribution in [0.5, 0.6) is 0 Å². The van der Waals surface area contributed by atoms with Gasteiger partial charge >= 0.3 is 5.97 Å². The van der Waals surface area contributed by atoms with Crippen LogP contribution in [0.1, 0.15) is 31.9 Å². The van der Waals surface area contributed by atoms with Crippen molar-refractivity contribution in [1.29, 1.82) is 0 Å². The maximum absolute atomic E-state index is 11.4. The molecule has 1 aromatic heterocycles. The largest absolute Gasteiger partial charge is 0.469 e. The topological polar surface area (TPSA) is 70.1 Å². The molecule has 0 aliphatic heterocycles. The van der Waals surface area contributed by atoms with Gasteiger partial charge in [0.1, 0.15) is 5.03 Å². The monoisotopic (exact) mass is 283 g/mol. The van der Waals surface area contributed by atoms with Gasteiger partial charge in [-0.05, 0) is 32.1 Å². The molecule has 2 rings (SSSR count). The van der Waals surface area contributed by atoms with Crippen molar-refractivity contribution in [3.05, 3.63) is 5.69 Å². The van der Waals surface area contributed by atoms with Crippen LogP contribution in [0, 0.1) is 12.3 Å². The number of nitrogen functional groups attached to an aromatic ring is 1. The summed E-state index contributed by atoms with van der Waals surface area (Å²) in [5, 5.41) is 5.43. The van der Waals surface area contributed by atoms with Crippen molar-refractivity contribution >= 4 is 23.4 Å². The molecule has 6 heteroatoms. The Hall–Kier alpha value is -1.17. The zero-order chi connectivity index (χ0) is 14.0. The number of methoxy groups -OCH3 is 1. The molecule has 1 aliphatic rings. The van der Waals surface area contributed by atoms with Gasteiger partial charge in [-0.3, -0.25) is 9.48 Å². The Morgan fingerprint density at radius 3 is 2.79 bits per heavy atom. The number of carbonyl (C=O) groups is 1. The van der Waals surface area contributed by atoms with Crippen LogP contribution in [-0.2, 0) is 16.1 Å². The van der Waals surface area contributed by atoms with Crippen molar-refractivity contribution in [3.8, 4) is 0 Å². The van der Waals surface area contributed by atoms with E-state index in [1.807, 2.05) is 11.6 Å². The quantitative estimate of drug-likeness (QED) is 0.640. The van der Waals surface area contributed by atoms with E-state index >= 15 is 0 Å². The number of esters is 1.